The molecule has 0 aromatic heterocycles. The Morgan fingerprint density at radius 2 is 2.00 bits per heavy atom. The highest BCUT2D eigenvalue weighted by atomic mass is 16.4. The van der Waals surface area contributed by atoms with Crippen molar-refractivity contribution < 1.29 is 9.90 Å². The molecule has 3 rings (SSSR count). The number of benzene rings is 1. The van der Waals surface area contributed by atoms with E-state index < -0.39 is 5.97 Å². The fourth-order valence-corrected chi connectivity index (χ4v) is 2.38. The van der Waals surface area contributed by atoms with Crippen LogP contribution in [-0.4, -0.2) is 11.1 Å². The van der Waals surface area contributed by atoms with Crippen LogP contribution in [0, 0.1) is 5.92 Å². The fraction of sp³-hybridized carbons (Fsp3) is 0.0625. The molecule has 2 nitrogen and oxygen atoms in total. The van der Waals surface area contributed by atoms with Crippen LogP contribution in [0.4, 0.5) is 0 Å². The molecule has 1 aromatic rings. The van der Waals surface area contributed by atoms with E-state index >= 15 is 0 Å². The first-order valence-corrected chi connectivity index (χ1v) is 5.87. The van der Waals surface area contributed by atoms with Crippen LogP contribution in [0.2, 0.25) is 0 Å². The minimum atomic E-state index is -0.875. The van der Waals surface area contributed by atoms with Gasteiger partial charge < -0.3 is 5.11 Å². The van der Waals surface area contributed by atoms with Gasteiger partial charge >= 0.3 is 5.97 Å². The average molecular weight is 236 g/mol. The van der Waals surface area contributed by atoms with E-state index in [1.807, 2.05) is 30.4 Å². The van der Waals surface area contributed by atoms with Gasteiger partial charge in [-0.05, 0) is 22.1 Å². The summed E-state index contributed by atoms with van der Waals surface area (Å²) in [6.45, 7) is 0. The highest BCUT2D eigenvalue weighted by Crippen LogP contribution is 2.24. The second-order valence-corrected chi connectivity index (χ2v) is 4.38. The van der Waals surface area contributed by atoms with Crippen LogP contribution in [0.5, 0.6) is 0 Å². The van der Waals surface area contributed by atoms with Crippen molar-refractivity contribution in [3.63, 3.8) is 0 Å². The van der Waals surface area contributed by atoms with Gasteiger partial charge in [-0.3, -0.25) is 0 Å². The van der Waals surface area contributed by atoms with Crippen molar-refractivity contribution in [2.45, 2.75) is 0 Å². The van der Waals surface area contributed by atoms with Gasteiger partial charge in [0.05, 0.1) is 5.57 Å². The summed E-state index contributed by atoms with van der Waals surface area (Å²) in [6.07, 6.45) is 11.5. The molecule has 1 atom stereocenters. The molecule has 2 aliphatic rings. The quantitative estimate of drug-likeness (QED) is 0.800. The summed E-state index contributed by atoms with van der Waals surface area (Å²) in [5.74, 6) is -0.832. The molecule has 18 heavy (non-hydrogen) atoms. The number of rotatable bonds is 1. The second kappa shape index (κ2) is 4.15. The van der Waals surface area contributed by atoms with Crippen molar-refractivity contribution in [3.05, 3.63) is 70.7 Å². The third kappa shape index (κ3) is 1.72. The first-order chi connectivity index (χ1) is 8.75. The summed E-state index contributed by atoms with van der Waals surface area (Å²) >= 11 is 0. The molecule has 0 spiro atoms. The molecule has 0 saturated heterocycles. The van der Waals surface area contributed by atoms with Crippen LogP contribution >= 0.6 is 0 Å². The first-order valence-electron chi connectivity index (χ1n) is 5.87. The van der Waals surface area contributed by atoms with Gasteiger partial charge in [0, 0.05) is 5.92 Å². The van der Waals surface area contributed by atoms with E-state index in [1.165, 1.54) is 10.4 Å². The largest absolute Gasteiger partial charge is 0.478 e. The van der Waals surface area contributed by atoms with Crippen molar-refractivity contribution in [2.24, 2.45) is 5.92 Å². The highest BCUT2D eigenvalue weighted by molar-refractivity contribution is 5.92. The summed E-state index contributed by atoms with van der Waals surface area (Å²) in [4.78, 5) is 11.0. The topological polar surface area (TPSA) is 37.3 Å². The zero-order chi connectivity index (χ0) is 12.5. The number of carboxylic acids is 1. The second-order valence-electron chi connectivity index (χ2n) is 4.38. The minimum Gasteiger partial charge on any atom is -0.478 e. The van der Waals surface area contributed by atoms with Gasteiger partial charge in [-0.25, -0.2) is 4.79 Å². The fourth-order valence-electron chi connectivity index (χ4n) is 2.38. The summed E-state index contributed by atoms with van der Waals surface area (Å²) in [5, 5.41) is 11.4. The van der Waals surface area contributed by atoms with Crippen LogP contribution < -0.4 is 10.4 Å². The lowest BCUT2D eigenvalue weighted by atomic mass is 9.89. The Hall–Kier alpha value is -2.35. The summed E-state index contributed by atoms with van der Waals surface area (Å²) in [7, 11) is 0. The Labute approximate surface area is 105 Å². The molecule has 0 amide bonds. The zero-order valence-corrected chi connectivity index (χ0v) is 9.71. The third-order valence-corrected chi connectivity index (χ3v) is 3.27. The average Bonchev–Trinajstić information content (AvgIpc) is 2.57. The molecule has 88 valence electrons. The first kappa shape index (κ1) is 10.8. The van der Waals surface area contributed by atoms with E-state index in [2.05, 4.69) is 18.2 Å². The number of fused-ring (bicyclic) bond motifs is 2. The van der Waals surface area contributed by atoms with Crippen molar-refractivity contribution in [2.75, 3.05) is 0 Å². The van der Waals surface area contributed by atoms with Gasteiger partial charge in [0.15, 0.2) is 0 Å². The van der Waals surface area contributed by atoms with E-state index in [-0.39, 0.29) is 5.92 Å². The number of allylic oxidation sites excluding steroid dienone is 4. The van der Waals surface area contributed by atoms with Crippen molar-refractivity contribution >= 4 is 17.6 Å². The molecule has 1 unspecified atom stereocenters. The molecular formula is C16H12O2. The Morgan fingerprint density at radius 3 is 2.83 bits per heavy atom. The normalized spacial score (nSPS) is 20.3. The van der Waals surface area contributed by atoms with Crippen molar-refractivity contribution in [3.8, 4) is 0 Å². The molecule has 0 aliphatic heterocycles. The predicted octanol–water partition coefficient (Wildman–Crippen LogP) is 1.38. The van der Waals surface area contributed by atoms with E-state index in [0.717, 1.165) is 5.57 Å². The summed E-state index contributed by atoms with van der Waals surface area (Å²) in [5.41, 5.74) is 1.51. The van der Waals surface area contributed by atoms with Gasteiger partial charge in [0.2, 0.25) is 0 Å². The van der Waals surface area contributed by atoms with Gasteiger partial charge in [-0.2, -0.15) is 0 Å². The van der Waals surface area contributed by atoms with Gasteiger partial charge in [-0.15, -0.1) is 0 Å². The van der Waals surface area contributed by atoms with Crippen molar-refractivity contribution in [1.82, 2.24) is 0 Å². The number of carbonyl (C=O) groups is 1. The SMILES string of the molecule is O=C(O)C1=CC2C=CC=c3ccccc3=C2C=C1. The van der Waals surface area contributed by atoms with E-state index in [4.69, 9.17) is 5.11 Å². The van der Waals surface area contributed by atoms with E-state index in [0.29, 0.717) is 5.57 Å². The molecule has 0 heterocycles. The maximum Gasteiger partial charge on any atom is 0.335 e. The van der Waals surface area contributed by atoms with Crippen LogP contribution in [0.1, 0.15) is 0 Å². The lowest BCUT2D eigenvalue weighted by molar-refractivity contribution is -0.132. The predicted molar refractivity (Wildman–Crippen MR) is 71.1 cm³/mol. The summed E-state index contributed by atoms with van der Waals surface area (Å²) < 4.78 is 0. The zero-order valence-electron chi connectivity index (χ0n) is 9.71. The van der Waals surface area contributed by atoms with Gasteiger partial charge in [0.1, 0.15) is 0 Å². The Balaban J connectivity index is 2.26. The number of aliphatic carboxylic acids is 1. The molecule has 0 saturated carbocycles. The van der Waals surface area contributed by atoms with E-state index in [1.54, 1.807) is 12.2 Å². The molecule has 0 radical (unpaired) electrons. The maximum absolute atomic E-state index is 11.0. The van der Waals surface area contributed by atoms with Gasteiger partial charge in [0.25, 0.3) is 0 Å². The number of carboxylic acid groups (broad SMARTS) is 1. The number of hydrogen-bond donors (Lipinski definition) is 1. The van der Waals surface area contributed by atoms with Crippen LogP contribution in [0.25, 0.3) is 11.6 Å². The molecule has 2 aliphatic carbocycles. The maximum atomic E-state index is 11.0. The highest BCUT2D eigenvalue weighted by Gasteiger charge is 2.17. The molecule has 0 fully saturated rings. The minimum absolute atomic E-state index is 0.0426. The van der Waals surface area contributed by atoms with Crippen LogP contribution in [0.15, 0.2) is 60.2 Å². The molecule has 1 N–H and O–H groups in total. The lowest BCUT2D eigenvalue weighted by Gasteiger charge is -2.14. The lowest BCUT2D eigenvalue weighted by Crippen LogP contribution is -2.27. The standard InChI is InChI=1S/C16H12O2/c17-16(18)13-8-9-15-12(10-13)6-3-5-11-4-1-2-7-14(11)15/h1-10,12H,(H,17,18). The molecule has 2 heteroatoms. The van der Waals surface area contributed by atoms with Crippen LogP contribution in [0.3, 0.4) is 0 Å². The smallest absolute Gasteiger partial charge is 0.335 e. The molecule has 1 aromatic carbocycles. The molecule has 0 bridgehead atoms. The Kier molecular flexibility index (Phi) is 2.49. The summed E-state index contributed by atoms with van der Waals surface area (Å²) in [6, 6.07) is 8.16. The third-order valence-electron chi connectivity index (χ3n) is 3.27. The monoisotopic (exact) mass is 236 g/mol. The Morgan fingerprint density at radius 1 is 1.17 bits per heavy atom. The number of hydrogen-bond acceptors (Lipinski definition) is 1. The van der Waals surface area contributed by atoms with E-state index in [9.17, 15) is 4.79 Å². The Bertz CT molecular complexity index is 718. The van der Waals surface area contributed by atoms with Crippen LogP contribution in [-0.2, 0) is 4.79 Å². The van der Waals surface area contributed by atoms with Crippen molar-refractivity contribution in [1.29, 1.82) is 0 Å². The molecular weight excluding hydrogens is 224 g/mol. The van der Waals surface area contributed by atoms with Gasteiger partial charge in [-0.1, -0.05) is 54.6 Å².